The van der Waals surface area contributed by atoms with Gasteiger partial charge in [0.25, 0.3) is 0 Å². The average Bonchev–Trinajstić information content (AvgIpc) is 3.37. The maximum Gasteiger partial charge on any atom is 0.170 e. The van der Waals surface area contributed by atoms with Crippen molar-refractivity contribution in [1.29, 1.82) is 0 Å². The second-order valence-electron chi connectivity index (χ2n) is 9.56. The van der Waals surface area contributed by atoms with Gasteiger partial charge in [-0.2, -0.15) is 0 Å². The zero-order valence-corrected chi connectivity index (χ0v) is 17.6. The first-order valence-electron chi connectivity index (χ1n) is 11.7. The minimum absolute atomic E-state index is 0.100. The summed E-state index contributed by atoms with van der Waals surface area (Å²) in [5, 5.41) is 10.5. The van der Waals surface area contributed by atoms with Crippen LogP contribution in [0.5, 0.6) is 0 Å². The molecular weight excluding hydrogens is 372 g/mol. The highest BCUT2D eigenvalue weighted by Gasteiger charge is 2.69. The van der Waals surface area contributed by atoms with E-state index in [9.17, 15) is 5.11 Å². The number of fused-ring (bicyclic) bond motifs is 1. The van der Waals surface area contributed by atoms with Crippen LogP contribution < -0.4 is 0 Å². The van der Waals surface area contributed by atoms with Gasteiger partial charge >= 0.3 is 0 Å². The fourth-order valence-electron chi connectivity index (χ4n) is 6.15. The molecule has 164 valence electrons. The Morgan fingerprint density at radius 2 is 1.62 bits per heavy atom. The van der Waals surface area contributed by atoms with Gasteiger partial charge in [0.05, 0.1) is 19.3 Å². The molecule has 0 aromatic heterocycles. The molecule has 6 heteroatoms. The first kappa shape index (κ1) is 20.4. The van der Waals surface area contributed by atoms with Crippen molar-refractivity contribution in [2.75, 3.05) is 13.2 Å². The summed E-state index contributed by atoms with van der Waals surface area (Å²) in [5.41, 5.74) is -0.826. The van der Waals surface area contributed by atoms with E-state index in [1.54, 1.807) is 0 Å². The largest absolute Gasteiger partial charge is 0.393 e. The van der Waals surface area contributed by atoms with Gasteiger partial charge in [0.1, 0.15) is 23.9 Å². The summed E-state index contributed by atoms with van der Waals surface area (Å²) >= 11 is 0. The average molecular weight is 409 g/mol. The van der Waals surface area contributed by atoms with Crippen LogP contribution in [-0.4, -0.2) is 59.9 Å². The quantitative estimate of drug-likeness (QED) is 0.717. The smallest absolute Gasteiger partial charge is 0.170 e. The summed E-state index contributed by atoms with van der Waals surface area (Å²) in [7, 11) is 0. The Bertz CT molecular complexity index is 608. The Morgan fingerprint density at radius 3 is 2.28 bits per heavy atom. The van der Waals surface area contributed by atoms with E-state index in [1.165, 1.54) is 12.8 Å². The Hall–Kier alpha value is -0.500. The maximum atomic E-state index is 10.5. The van der Waals surface area contributed by atoms with Gasteiger partial charge in [-0.15, -0.1) is 0 Å². The molecule has 2 unspecified atom stereocenters. The maximum absolute atomic E-state index is 10.5. The second-order valence-corrected chi connectivity index (χ2v) is 9.56. The molecule has 0 aromatic carbocycles. The zero-order valence-electron chi connectivity index (χ0n) is 17.6. The minimum Gasteiger partial charge on any atom is -0.393 e. The summed E-state index contributed by atoms with van der Waals surface area (Å²) in [6.45, 7) is 2.43. The Kier molecular flexibility index (Phi) is 5.55. The standard InChI is InChI=1S/C23H36O6/c1-2-3-10-18-23(16-24)20(28-22(29-23)13-8-5-9-14-22)19(26-18)17-15-25-21(27-17)11-6-4-7-12-21/h2-3,17-20,24H,4-16H2,1H3/b3-2+/t17?,18-,19-,20?,23-/m0/s1. The fourth-order valence-corrected chi connectivity index (χ4v) is 6.15. The van der Waals surface area contributed by atoms with Gasteiger partial charge in [-0.1, -0.05) is 25.0 Å². The van der Waals surface area contributed by atoms with Crippen LogP contribution >= 0.6 is 0 Å². The van der Waals surface area contributed by atoms with E-state index >= 15 is 0 Å². The van der Waals surface area contributed by atoms with Crippen molar-refractivity contribution in [2.24, 2.45) is 0 Å². The summed E-state index contributed by atoms with van der Waals surface area (Å²) in [5.74, 6) is -1.03. The molecule has 3 saturated heterocycles. The van der Waals surface area contributed by atoms with Gasteiger partial charge in [-0.05, 0) is 39.0 Å². The van der Waals surface area contributed by atoms with Crippen molar-refractivity contribution in [3.63, 3.8) is 0 Å². The summed E-state index contributed by atoms with van der Waals surface area (Å²) in [6, 6.07) is 0. The van der Waals surface area contributed by atoms with Crippen LogP contribution in [0.3, 0.4) is 0 Å². The molecule has 2 saturated carbocycles. The van der Waals surface area contributed by atoms with Gasteiger partial charge in [0.15, 0.2) is 11.6 Å². The summed E-state index contributed by atoms with van der Waals surface area (Å²) in [6.07, 6.45) is 14.4. The molecular formula is C23H36O6. The van der Waals surface area contributed by atoms with Crippen LogP contribution in [0, 0.1) is 0 Å². The van der Waals surface area contributed by atoms with Gasteiger partial charge in [0, 0.05) is 25.7 Å². The Morgan fingerprint density at radius 1 is 0.931 bits per heavy atom. The lowest BCUT2D eigenvalue weighted by molar-refractivity contribution is -0.252. The van der Waals surface area contributed by atoms with Crippen molar-refractivity contribution in [1.82, 2.24) is 0 Å². The molecule has 0 aromatic rings. The predicted octanol–water partition coefficient (Wildman–Crippen LogP) is 3.60. The number of hydrogen-bond donors (Lipinski definition) is 1. The van der Waals surface area contributed by atoms with Crippen LogP contribution in [0.25, 0.3) is 0 Å². The highest BCUT2D eigenvalue weighted by molar-refractivity contribution is 5.14. The number of rotatable bonds is 4. The van der Waals surface area contributed by atoms with E-state index in [0.29, 0.717) is 13.0 Å². The van der Waals surface area contributed by atoms with Crippen molar-refractivity contribution in [2.45, 2.75) is 119 Å². The number of aliphatic hydroxyl groups excluding tert-OH is 1. The van der Waals surface area contributed by atoms with Gasteiger partial charge in [0.2, 0.25) is 0 Å². The molecule has 3 heterocycles. The molecule has 5 atom stereocenters. The molecule has 5 rings (SSSR count). The molecule has 6 nitrogen and oxygen atoms in total. The fraction of sp³-hybridized carbons (Fsp3) is 0.913. The summed E-state index contributed by atoms with van der Waals surface area (Å²) < 4.78 is 32.5. The minimum atomic E-state index is -0.826. The Balaban J connectivity index is 1.40. The first-order valence-corrected chi connectivity index (χ1v) is 11.7. The molecule has 2 spiro atoms. The third kappa shape index (κ3) is 3.40. The van der Waals surface area contributed by atoms with Crippen molar-refractivity contribution in [3.8, 4) is 0 Å². The molecule has 2 aliphatic carbocycles. The van der Waals surface area contributed by atoms with Crippen LogP contribution in [-0.2, 0) is 23.7 Å². The highest BCUT2D eigenvalue weighted by Crippen LogP contribution is 2.54. The van der Waals surface area contributed by atoms with Crippen LogP contribution in [0.2, 0.25) is 0 Å². The van der Waals surface area contributed by atoms with Gasteiger partial charge < -0.3 is 28.8 Å². The van der Waals surface area contributed by atoms with Gasteiger partial charge in [-0.25, -0.2) is 0 Å². The highest BCUT2D eigenvalue weighted by atomic mass is 16.8. The van der Waals surface area contributed by atoms with Crippen molar-refractivity contribution >= 4 is 0 Å². The normalized spacial score (nSPS) is 43.5. The van der Waals surface area contributed by atoms with Crippen LogP contribution in [0.15, 0.2) is 12.2 Å². The predicted molar refractivity (Wildman–Crippen MR) is 106 cm³/mol. The Labute approximate surface area is 173 Å². The molecule has 0 bridgehead atoms. The van der Waals surface area contributed by atoms with E-state index < -0.39 is 17.2 Å². The molecule has 5 fully saturated rings. The number of ether oxygens (including phenoxy) is 5. The van der Waals surface area contributed by atoms with E-state index in [-0.39, 0.29) is 31.0 Å². The lowest BCUT2D eigenvalue weighted by atomic mass is 9.88. The lowest BCUT2D eigenvalue weighted by Gasteiger charge is -2.36. The van der Waals surface area contributed by atoms with Crippen molar-refractivity contribution in [3.05, 3.63) is 12.2 Å². The molecule has 29 heavy (non-hydrogen) atoms. The van der Waals surface area contributed by atoms with Gasteiger partial charge in [-0.3, -0.25) is 0 Å². The van der Waals surface area contributed by atoms with Crippen LogP contribution in [0.4, 0.5) is 0 Å². The number of allylic oxidation sites excluding steroid dienone is 1. The molecule has 3 aliphatic heterocycles. The SMILES string of the molecule is C/C=C/C[C@@H]1O[C@@H](C2COC3(CCCCC3)O2)C2OC3(CCCCC3)O[C@]21CO. The third-order valence-corrected chi connectivity index (χ3v) is 7.67. The summed E-state index contributed by atoms with van der Waals surface area (Å²) in [4.78, 5) is 0. The number of aliphatic hydroxyl groups is 1. The van der Waals surface area contributed by atoms with Crippen LogP contribution in [0.1, 0.15) is 77.6 Å². The number of hydrogen-bond acceptors (Lipinski definition) is 6. The third-order valence-electron chi connectivity index (χ3n) is 7.67. The topological polar surface area (TPSA) is 66.4 Å². The second kappa shape index (κ2) is 7.88. The molecule has 1 N–H and O–H groups in total. The van der Waals surface area contributed by atoms with E-state index in [1.807, 2.05) is 13.0 Å². The van der Waals surface area contributed by atoms with E-state index in [2.05, 4.69) is 6.08 Å². The molecule has 5 aliphatic rings. The monoisotopic (exact) mass is 408 g/mol. The van der Waals surface area contributed by atoms with E-state index in [0.717, 1.165) is 51.4 Å². The first-order chi connectivity index (χ1) is 14.1. The molecule has 0 radical (unpaired) electrons. The van der Waals surface area contributed by atoms with E-state index in [4.69, 9.17) is 23.7 Å². The van der Waals surface area contributed by atoms with Crippen molar-refractivity contribution < 1.29 is 28.8 Å². The lowest BCUT2D eigenvalue weighted by Crippen LogP contribution is -2.51. The molecule has 0 amide bonds. The zero-order chi connectivity index (χ0) is 20.0.